The van der Waals surface area contributed by atoms with E-state index in [1.807, 2.05) is 31.0 Å². The van der Waals surface area contributed by atoms with Crippen LogP contribution in [-0.2, 0) is 0 Å². The van der Waals surface area contributed by atoms with Gasteiger partial charge in [0.05, 0.1) is 0 Å². The largest absolute Gasteiger partial charge is 0.431 e. The molecule has 0 bridgehead atoms. The van der Waals surface area contributed by atoms with Gasteiger partial charge in [0, 0.05) is 55.9 Å². The molecule has 1 aliphatic heterocycles. The van der Waals surface area contributed by atoms with E-state index in [4.69, 9.17) is 10.2 Å². The molecular formula is C20H30N6O2S. The number of benzene rings is 1. The molecular weight excluding hydrogens is 388 g/mol. The van der Waals surface area contributed by atoms with Crippen LogP contribution in [-0.4, -0.2) is 59.7 Å². The van der Waals surface area contributed by atoms with Gasteiger partial charge in [-0.3, -0.25) is 4.79 Å². The average Bonchev–Trinajstić information content (AvgIpc) is 3.14. The maximum atomic E-state index is 12.4. The summed E-state index contributed by atoms with van der Waals surface area (Å²) in [6, 6.07) is 6.67. The van der Waals surface area contributed by atoms with Crippen LogP contribution in [0.3, 0.4) is 0 Å². The molecule has 0 spiro atoms. The number of aryl methyl sites for hydroxylation is 1. The highest BCUT2D eigenvalue weighted by atomic mass is 32.2. The molecule has 0 radical (unpaired) electrons. The summed E-state index contributed by atoms with van der Waals surface area (Å²) < 4.78 is 7.35. The Kier molecular flexibility index (Phi) is 7.40. The fraction of sp³-hybridized carbons (Fsp3) is 0.500. The number of carbonyl (C=O) groups excluding carboxylic acids is 1. The van der Waals surface area contributed by atoms with Crippen molar-refractivity contribution in [2.24, 2.45) is 0 Å². The van der Waals surface area contributed by atoms with Gasteiger partial charge in [-0.05, 0) is 24.6 Å². The number of hydrogen-bond donors (Lipinski definition) is 3. The maximum Gasteiger partial charge on any atom is 0.292 e. The summed E-state index contributed by atoms with van der Waals surface area (Å²) in [5.41, 5.74) is 8.49. The van der Waals surface area contributed by atoms with Crippen molar-refractivity contribution in [1.29, 1.82) is 0 Å². The first kappa shape index (κ1) is 21.5. The van der Waals surface area contributed by atoms with E-state index in [2.05, 4.69) is 44.7 Å². The SMILES string of the molecule is Cc1ccc(N2CCN(SCCNC(C)C)CC2)cc1NC(=O)c1coc(N)n1. The summed E-state index contributed by atoms with van der Waals surface area (Å²) in [6.07, 6.45) is 1.26. The number of nitrogens with one attached hydrogen (secondary N) is 2. The molecule has 1 aliphatic rings. The summed E-state index contributed by atoms with van der Waals surface area (Å²) in [6.45, 7) is 11.3. The van der Waals surface area contributed by atoms with Gasteiger partial charge in [0.2, 0.25) is 0 Å². The monoisotopic (exact) mass is 418 g/mol. The fourth-order valence-electron chi connectivity index (χ4n) is 3.12. The van der Waals surface area contributed by atoms with Gasteiger partial charge in [0.1, 0.15) is 6.26 Å². The highest BCUT2D eigenvalue weighted by Crippen LogP contribution is 2.26. The molecule has 158 valence electrons. The molecule has 4 N–H and O–H groups in total. The van der Waals surface area contributed by atoms with Crippen LogP contribution in [0.2, 0.25) is 0 Å². The molecule has 0 aliphatic carbocycles. The lowest BCUT2D eigenvalue weighted by Gasteiger charge is -2.35. The van der Waals surface area contributed by atoms with Gasteiger partial charge in [-0.2, -0.15) is 4.98 Å². The molecule has 0 unspecified atom stereocenters. The predicted octanol–water partition coefficient (Wildman–Crippen LogP) is 2.59. The minimum Gasteiger partial charge on any atom is -0.431 e. The predicted molar refractivity (Wildman–Crippen MR) is 119 cm³/mol. The molecule has 1 fully saturated rings. The molecule has 0 atom stereocenters. The van der Waals surface area contributed by atoms with Crippen LogP contribution < -0.4 is 21.3 Å². The van der Waals surface area contributed by atoms with Crippen LogP contribution in [0.4, 0.5) is 17.4 Å². The Morgan fingerprint density at radius 2 is 2.07 bits per heavy atom. The van der Waals surface area contributed by atoms with Crippen LogP contribution in [0.1, 0.15) is 29.9 Å². The Balaban J connectivity index is 1.54. The van der Waals surface area contributed by atoms with Crippen molar-refractivity contribution in [3.63, 3.8) is 0 Å². The second kappa shape index (κ2) is 10.00. The molecule has 1 aromatic carbocycles. The van der Waals surface area contributed by atoms with Crippen molar-refractivity contribution in [1.82, 2.24) is 14.6 Å². The third-order valence-electron chi connectivity index (χ3n) is 4.76. The first-order chi connectivity index (χ1) is 13.9. The van der Waals surface area contributed by atoms with E-state index in [0.29, 0.717) is 6.04 Å². The van der Waals surface area contributed by atoms with E-state index in [-0.39, 0.29) is 17.6 Å². The minimum atomic E-state index is -0.332. The van der Waals surface area contributed by atoms with Crippen molar-refractivity contribution < 1.29 is 9.21 Å². The Morgan fingerprint density at radius 1 is 1.31 bits per heavy atom. The zero-order valence-corrected chi connectivity index (χ0v) is 18.1. The van der Waals surface area contributed by atoms with Crippen molar-refractivity contribution in [3.8, 4) is 0 Å². The summed E-state index contributed by atoms with van der Waals surface area (Å²) in [7, 11) is 0. The Bertz CT molecular complexity index is 817. The smallest absolute Gasteiger partial charge is 0.292 e. The fourth-order valence-corrected chi connectivity index (χ4v) is 4.01. The molecule has 9 heteroatoms. The maximum absolute atomic E-state index is 12.4. The Hall–Kier alpha value is -2.23. The standard InChI is InChI=1S/C20H30N6O2S/c1-14(2)22-6-11-29-26-9-7-25(8-10-26)16-5-4-15(3)17(12-16)23-19(27)18-13-28-20(21)24-18/h4-5,12-14,22H,6-11H2,1-3H3,(H2,21,24)(H,23,27). The summed E-state index contributed by atoms with van der Waals surface area (Å²) >= 11 is 1.91. The van der Waals surface area contributed by atoms with Gasteiger partial charge in [0.15, 0.2) is 5.69 Å². The third-order valence-corrected chi connectivity index (χ3v) is 5.87. The Labute approximate surface area is 176 Å². The lowest BCUT2D eigenvalue weighted by molar-refractivity contribution is 0.102. The third kappa shape index (κ3) is 6.12. The lowest BCUT2D eigenvalue weighted by atomic mass is 10.1. The van der Waals surface area contributed by atoms with Crippen molar-refractivity contribution in [2.75, 3.05) is 54.4 Å². The molecule has 2 aromatic rings. The number of aromatic nitrogens is 1. The normalized spacial score (nSPS) is 15.1. The number of amides is 1. The molecule has 0 saturated carbocycles. The van der Waals surface area contributed by atoms with Crippen molar-refractivity contribution >= 4 is 35.2 Å². The van der Waals surface area contributed by atoms with Crippen LogP contribution in [0.5, 0.6) is 0 Å². The van der Waals surface area contributed by atoms with Crippen molar-refractivity contribution in [2.45, 2.75) is 26.8 Å². The number of rotatable bonds is 8. The average molecular weight is 419 g/mol. The van der Waals surface area contributed by atoms with Gasteiger partial charge in [-0.25, -0.2) is 4.31 Å². The highest BCUT2D eigenvalue weighted by molar-refractivity contribution is 7.97. The number of carbonyl (C=O) groups is 1. The number of oxazole rings is 1. The molecule has 1 amide bonds. The highest BCUT2D eigenvalue weighted by Gasteiger charge is 2.19. The first-order valence-corrected chi connectivity index (χ1v) is 10.9. The van der Waals surface area contributed by atoms with E-state index in [1.54, 1.807) is 0 Å². The number of piperazine rings is 1. The molecule has 1 saturated heterocycles. The van der Waals surface area contributed by atoms with Gasteiger partial charge in [0.25, 0.3) is 11.9 Å². The summed E-state index contributed by atoms with van der Waals surface area (Å²) in [5.74, 6) is 0.757. The van der Waals surface area contributed by atoms with E-state index in [0.717, 1.165) is 55.4 Å². The van der Waals surface area contributed by atoms with E-state index in [9.17, 15) is 4.79 Å². The van der Waals surface area contributed by atoms with E-state index in [1.165, 1.54) is 6.26 Å². The zero-order chi connectivity index (χ0) is 20.8. The van der Waals surface area contributed by atoms with Crippen LogP contribution in [0.15, 0.2) is 28.9 Å². The van der Waals surface area contributed by atoms with Crippen molar-refractivity contribution in [3.05, 3.63) is 35.7 Å². The topological polar surface area (TPSA) is 99.7 Å². The lowest BCUT2D eigenvalue weighted by Crippen LogP contribution is -2.44. The molecule has 29 heavy (non-hydrogen) atoms. The van der Waals surface area contributed by atoms with Crippen LogP contribution in [0, 0.1) is 6.92 Å². The van der Waals surface area contributed by atoms with Gasteiger partial charge in [-0.1, -0.05) is 31.9 Å². The zero-order valence-electron chi connectivity index (χ0n) is 17.3. The minimum absolute atomic E-state index is 0.0173. The molecule has 1 aromatic heterocycles. The van der Waals surface area contributed by atoms with Gasteiger partial charge in [-0.15, -0.1) is 0 Å². The van der Waals surface area contributed by atoms with E-state index >= 15 is 0 Å². The first-order valence-electron chi connectivity index (χ1n) is 9.91. The molecule has 3 rings (SSSR count). The second-order valence-corrected chi connectivity index (χ2v) is 8.57. The van der Waals surface area contributed by atoms with Crippen LogP contribution >= 0.6 is 11.9 Å². The Morgan fingerprint density at radius 3 is 2.72 bits per heavy atom. The number of nitrogens with zero attached hydrogens (tertiary/aromatic N) is 3. The second-order valence-electron chi connectivity index (χ2n) is 7.38. The number of nitrogen functional groups attached to an aromatic ring is 1. The van der Waals surface area contributed by atoms with Gasteiger partial charge < -0.3 is 25.7 Å². The quantitative estimate of drug-likeness (QED) is 0.444. The number of nitrogens with two attached hydrogens (primary N) is 1. The van der Waals surface area contributed by atoms with Gasteiger partial charge >= 0.3 is 0 Å². The number of hydrogen-bond acceptors (Lipinski definition) is 8. The molecule has 2 heterocycles. The number of anilines is 3. The summed E-state index contributed by atoms with van der Waals surface area (Å²) in [5, 5.41) is 6.36. The van der Waals surface area contributed by atoms with E-state index < -0.39 is 0 Å². The molecule has 8 nitrogen and oxygen atoms in total. The summed E-state index contributed by atoms with van der Waals surface area (Å²) in [4.78, 5) is 18.6. The van der Waals surface area contributed by atoms with Crippen LogP contribution in [0.25, 0.3) is 0 Å².